The van der Waals surface area contributed by atoms with Crippen molar-refractivity contribution in [3.8, 4) is 11.3 Å². The number of nitrogens with zero attached hydrogens (tertiary/aromatic N) is 4. The zero-order valence-corrected chi connectivity index (χ0v) is 14.3. The molecule has 8 nitrogen and oxygen atoms in total. The number of pyridine rings is 2. The lowest BCUT2D eigenvalue weighted by molar-refractivity contribution is 0.102. The number of aryl methyl sites for hydroxylation is 2. The number of nitrogens with two attached hydrogens (primary N) is 1. The van der Waals surface area contributed by atoms with Crippen molar-refractivity contribution in [2.24, 2.45) is 7.05 Å². The van der Waals surface area contributed by atoms with Gasteiger partial charge in [-0.2, -0.15) is 5.10 Å². The number of nitrogens with one attached hydrogen (secondary N) is 2. The summed E-state index contributed by atoms with van der Waals surface area (Å²) in [5, 5.41) is 7.84. The molecule has 4 heterocycles. The average molecular weight is 347 g/mol. The van der Waals surface area contributed by atoms with Gasteiger partial charge in [-0.15, -0.1) is 0 Å². The van der Waals surface area contributed by atoms with Crippen molar-refractivity contribution >= 4 is 28.3 Å². The molecule has 0 aliphatic heterocycles. The first-order valence-electron chi connectivity index (χ1n) is 8.01. The fraction of sp³-hybridized carbons (Fsp3) is 0.111. The molecular formula is C18H17N7O. The maximum Gasteiger partial charge on any atom is 0.257 e. The monoisotopic (exact) mass is 347 g/mol. The first-order chi connectivity index (χ1) is 12.5. The van der Waals surface area contributed by atoms with E-state index in [1.165, 1.54) is 6.20 Å². The highest BCUT2D eigenvalue weighted by molar-refractivity contribution is 6.06. The van der Waals surface area contributed by atoms with Crippen LogP contribution in [0.5, 0.6) is 0 Å². The van der Waals surface area contributed by atoms with Crippen LogP contribution in [0.2, 0.25) is 0 Å². The molecule has 26 heavy (non-hydrogen) atoms. The molecule has 0 aliphatic carbocycles. The van der Waals surface area contributed by atoms with Crippen LogP contribution in [0.15, 0.2) is 43.0 Å². The van der Waals surface area contributed by atoms with Crippen molar-refractivity contribution in [1.29, 1.82) is 0 Å². The minimum absolute atomic E-state index is 0.265. The SMILES string of the molecule is Cc1ncc(N)cc1NC(=O)c1cnc2[nH]c(-c3cnn(C)c3)cc2c1. The maximum absolute atomic E-state index is 12.6. The number of nitrogen functional groups attached to an aromatic ring is 1. The Morgan fingerprint density at radius 2 is 2.04 bits per heavy atom. The molecule has 4 aromatic rings. The van der Waals surface area contributed by atoms with Crippen molar-refractivity contribution in [3.05, 3.63) is 54.2 Å². The number of aromatic nitrogens is 5. The lowest BCUT2D eigenvalue weighted by atomic mass is 10.2. The Balaban J connectivity index is 1.64. The summed E-state index contributed by atoms with van der Waals surface area (Å²) in [6, 6.07) is 5.43. The van der Waals surface area contributed by atoms with E-state index in [0.29, 0.717) is 28.3 Å². The van der Waals surface area contributed by atoms with E-state index in [1.807, 2.05) is 26.2 Å². The number of hydrogen-bond donors (Lipinski definition) is 3. The van der Waals surface area contributed by atoms with Gasteiger partial charge in [0.2, 0.25) is 0 Å². The topological polar surface area (TPSA) is 115 Å². The molecule has 0 saturated carbocycles. The molecule has 1 amide bonds. The third-order valence-electron chi connectivity index (χ3n) is 4.10. The van der Waals surface area contributed by atoms with E-state index in [9.17, 15) is 4.79 Å². The largest absolute Gasteiger partial charge is 0.397 e. The Kier molecular flexibility index (Phi) is 3.65. The fourth-order valence-electron chi connectivity index (χ4n) is 2.73. The Hall–Kier alpha value is -3.68. The average Bonchev–Trinajstić information content (AvgIpc) is 3.23. The molecule has 4 rings (SSSR count). The molecule has 4 aromatic heterocycles. The van der Waals surface area contributed by atoms with E-state index >= 15 is 0 Å². The van der Waals surface area contributed by atoms with Crippen molar-refractivity contribution in [3.63, 3.8) is 0 Å². The molecule has 130 valence electrons. The molecule has 0 atom stereocenters. The van der Waals surface area contributed by atoms with Crippen molar-refractivity contribution in [2.45, 2.75) is 6.92 Å². The quantitative estimate of drug-likeness (QED) is 0.527. The van der Waals surface area contributed by atoms with Gasteiger partial charge >= 0.3 is 0 Å². The second-order valence-electron chi connectivity index (χ2n) is 6.10. The van der Waals surface area contributed by atoms with E-state index in [1.54, 1.807) is 29.2 Å². The molecular weight excluding hydrogens is 330 g/mol. The van der Waals surface area contributed by atoms with Gasteiger partial charge in [0.15, 0.2) is 0 Å². The van der Waals surface area contributed by atoms with E-state index < -0.39 is 0 Å². The molecule has 4 N–H and O–H groups in total. The Morgan fingerprint density at radius 1 is 1.19 bits per heavy atom. The minimum Gasteiger partial charge on any atom is -0.397 e. The van der Waals surface area contributed by atoms with Crippen LogP contribution in [-0.2, 0) is 7.05 Å². The number of fused-ring (bicyclic) bond motifs is 1. The zero-order chi connectivity index (χ0) is 18.3. The molecule has 0 radical (unpaired) electrons. The predicted octanol–water partition coefficient (Wildman–Crippen LogP) is 2.50. The molecule has 0 spiro atoms. The number of aromatic amines is 1. The summed E-state index contributed by atoms with van der Waals surface area (Å²) >= 11 is 0. The standard InChI is InChI=1S/C18H17N7O/c1-10-15(5-14(19)8-20-10)24-18(26)12-3-11-4-16(23-17(11)21-6-12)13-7-22-25(2)9-13/h3-9H,19H2,1-2H3,(H,21,23)(H,24,26). The summed E-state index contributed by atoms with van der Waals surface area (Å²) < 4.78 is 1.73. The summed E-state index contributed by atoms with van der Waals surface area (Å²) in [6.07, 6.45) is 6.77. The molecule has 0 saturated heterocycles. The van der Waals surface area contributed by atoms with Gasteiger partial charge in [-0.1, -0.05) is 0 Å². The lowest BCUT2D eigenvalue weighted by Crippen LogP contribution is -2.13. The van der Waals surface area contributed by atoms with E-state index in [-0.39, 0.29) is 5.91 Å². The van der Waals surface area contributed by atoms with Crippen LogP contribution in [-0.4, -0.2) is 30.6 Å². The molecule has 0 bridgehead atoms. The van der Waals surface area contributed by atoms with Crippen LogP contribution in [0.4, 0.5) is 11.4 Å². The Bertz CT molecular complexity index is 1130. The third-order valence-corrected chi connectivity index (χ3v) is 4.10. The van der Waals surface area contributed by atoms with Crippen LogP contribution in [0, 0.1) is 6.92 Å². The van der Waals surface area contributed by atoms with Crippen LogP contribution in [0.25, 0.3) is 22.3 Å². The van der Waals surface area contributed by atoms with Gasteiger partial charge in [-0.3, -0.25) is 14.5 Å². The minimum atomic E-state index is -0.265. The van der Waals surface area contributed by atoms with Gasteiger partial charge in [0.1, 0.15) is 5.65 Å². The highest BCUT2D eigenvalue weighted by Crippen LogP contribution is 2.24. The number of amides is 1. The van der Waals surface area contributed by atoms with Gasteiger partial charge in [0.05, 0.1) is 40.7 Å². The number of carbonyl (C=O) groups is 1. The first kappa shape index (κ1) is 15.8. The van der Waals surface area contributed by atoms with Gasteiger partial charge in [0, 0.05) is 30.4 Å². The number of H-pyrrole nitrogens is 1. The van der Waals surface area contributed by atoms with Crippen LogP contribution in [0.1, 0.15) is 16.1 Å². The van der Waals surface area contributed by atoms with Gasteiger partial charge in [-0.05, 0) is 25.1 Å². The Morgan fingerprint density at radius 3 is 2.81 bits per heavy atom. The second kappa shape index (κ2) is 5.99. The smallest absolute Gasteiger partial charge is 0.257 e. The van der Waals surface area contributed by atoms with Crippen LogP contribution < -0.4 is 11.1 Å². The number of hydrogen-bond acceptors (Lipinski definition) is 5. The highest BCUT2D eigenvalue weighted by atomic mass is 16.1. The fourth-order valence-corrected chi connectivity index (χ4v) is 2.73. The van der Waals surface area contributed by atoms with Crippen molar-refractivity contribution < 1.29 is 4.79 Å². The van der Waals surface area contributed by atoms with Gasteiger partial charge in [-0.25, -0.2) is 4.98 Å². The molecule has 0 aromatic carbocycles. The summed E-state index contributed by atoms with van der Waals surface area (Å²) in [4.78, 5) is 24.3. The van der Waals surface area contributed by atoms with Crippen LogP contribution >= 0.6 is 0 Å². The van der Waals surface area contributed by atoms with Crippen molar-refractivity contribution in [2.75, 3.05) is 11.1 Å². The second-order valence-corrected chi connectivity index (χ2v) is 6.10. The molecule has 0 fully saturated rings. The van der Waals surface area contributed by atoms with Gasteiger partial charge < -0.3 is 16.0 Å². The highest BCUT2D eigenvalue weighted by Gasteiger charge is 2.12. The number of rotatable bonds is 3. The first-order valence-corrected chi connectivity index (χ1v) is 8.01. The summed E-state index contributed by atoms with van der Waals surface area (Å²) in [5.74, 6) is -0.265. The van der Waals surface area contributed by atoms with Crippen molar-refractivity contribution in [1.82, 2.24) is 24.7 Å². The molecule has 0 aliphatic rings. The summed E-state index contributed by atoms with van der Waals surface area (Å²) in [6.45, 7) is 1.81. The normalized spacial score (nSPS) is 11.0. The Labute approximate surface area is 149 Å². The third kappa shape index (κ3) is 2.88. The molecule has 0 unspecified atom stereocenters. The number of anilines is 2. The van der Waals surface area contributed by atoms with E-state index in [2.05, 4.69) is 25.4 Å². The molecule has 8 heteroatoms. The zero-order valence-electron chi connectivity index (χ0n) is 14.3. The van der Waals surface area contributed by atoms with Gasteiger partial charge in [0.25, 0.3) is 5.91 Å². The summed E-state index contributed by atoms with van der Waals surface area (Å²) in [5.41, 5.74) is 10.5. The lowest BCUT2D eigenvalue weighted by Gasteiger charge is -2.08. The van der Waals surface area contributed by atoms with E-state index in [4.69, 9.17) is 5.73 Å². The number of carbonyl (C=O) groups excluding carboxylic acids is 1. The maximum atomic E-state index is 12.6. The van der Waals surface area contributed by atoms with Crippen LogP contribution in [0.3, 0.4) is 0 Å². The summed E-state index contributed by atoms with van der Waals surface area (Å²) in [7, 11) is 1.86. The van der Waals surface area contributed by atoms with E-state index in [0.717, 1.165) is 16.6 Å². The predicted molar refractivity (Wildman–Crippen MR) is 99.6 cm³/mol.